The van der Waals surface area contributed by atoms with Crippen LogP contribution in [0.3, 0.4) is 0 Å². The number of nitrogen functional groups attached to an aromatic ring is 1. The standard InChI is InChI=1S/C14H14ClN3O/c1-9-2-4-10(5-3-9)8-17-14(19)13-11(15)6-7-12(16)18-13/h2-7H,8H2,1H3,(H2,16,18)(H,17,19). The SMILES string of the molecule is Cc1ccc(CNC(=O)c2nc(N)ccc2Cl)cc1. The number of rotatable bonds is 3. The van der Waals surface area contributed by atoms with Crippen molar-refractivity contribution in [2.75, 3.05) is 5.73 Å². The number of nitrogens with two attached hydrogens (primary N) is 1. The van der Waals surface area contributed by atoms with Gasteiger partial charge in [-0.15, -0.1) is 0 Å². The van der Waals surface area contributed by atoms with Gasteiger partial charge in [0.05, 0.1) is 5.02 Å². The van der Waals surface area contributed by atoms with Crippen LogP contribution in [0.25, 0.3) is 0 Å². The Morgan fingerprint density at radius 2 is 1.95 bits per heavy atom. The van der Waals surface area contributed by atoms with Crippen LogP contribution in [0.1, 0.15) is 21.6 Å². The van der Waals surface area contributed by atoms with Crippen LogP contribution in [0.5, 0.6) is 0 Å². The molecule has 5 heteroatoms. The van der Waals surface area contributed by atoms with E-state index in [1.807, 2.05) is 31.2 Å². The van der Waals surface area contributed by atoms with E-state index in [1.165, 1.54) is 5.56 Å². The highest BCUT2D eigenvalue weighted by molar-refractivity contribution is 6.33. The molecule has 3 N–H and O–H groups in total. The Morgan fingerprint density at radius 1 is 1.26 bits per heavy atom. The second-order valence-corrected chi connectivity index (χ2v) is 4.64. The summed E-state index contributed by atoms with van der Waals surface area (Å²) in [6.45, 7) is 2.44. The molecule has 0 aliphatic rings. The molecule has 1 aromatic carbocycles. The monoisotopic (exact) mass is 275 g/mol. The van der Waals surface area contributed by atoms with Crippen molar-refractivity contribution in [1.82, 2.24) is 10.3 Å². The Hall–Kier alpha value is -2.07. The number of carbonyl (C=O) groups is 1. The summed E-state index contributed by atoms with van der Waals surface area (Å²) in [7, 11) is 0. The van der Waals surface area contributed by atoms with Gasteiger partial charge in [-0.05, 0) is 24.6 Å². The minimum atomic E-state index is -0.335. The minimum Gasteiger partial charge on any atom is -0.384 e. The summed E-state index contributed by atoms with van der Waals surface area (Å²) in [6, 6.07) is 11.0. The third kappa shape index (κ3) is 3.45. The van der Waals surface area contributed by atoms with E-state index < -0.39 is 0 Å². The molecular formula is C14H14ClN3O. The maximum atomic E-state index is 11.9. The third-order valence-electron chi connectivity index (χ3n) is 2.66. The van der Waals surface area contributed by atoms with Crippen LogP contribution in [0.4, 0.5) is 5.82 Å². The van der Waals surface area contributed by atoms with Gasteiger partial charge in [-0.3, -0.25) is 4.79 Å². The molecule has 0 fully saturated rings. The van der Waals surface area contributed by atoms with Crippen molar-refractivity contribution >= 4 is 23.3 Å². The predicted molar refractivity (Wildman–Crippen MR) is 76.0 cm³/mol. The molecule has 2 rings (SSSR count). The molecule has 1 aromatic heterocycles. The highest BCUT2D eigenvalue weighted by atomic mass is 35.5. The fourth-order valence-corrected chi connectivity index (χ4v) is 1.78. The van der Waals surface area contributed by atoms with Crippen LogP contribution in [0, 0.1) is 6.92 Å². The molecule has 1 heterocycles. The van der Waals surface area contributed by atoms with Crippen molar-refractivity contribution in [2.24, 2.45) is 0 Å². The van der Waals surface area contributed by atoms with Crippen molar-refractivity contribution in [3.05, 3.63) is 58.2 Å². The number of hydrogen-bond donors (Lipinski definition) is 2. The van der Waals surface area contributed by atoms with Crippen LogP contribution < -0.4 is 11.1 Å². The molecule has 98 valence electrons. The molecule has 0 saturated carbocycles. The Labute approximate surface area is 116 Å². The number of aryl methyl sites for hydroxylation is 1. The summed E-state index contributed by atoms with van der Waals surface area (Å²) in [5.74, 6) is -0.0669. The zero-order chi connectivity index (χ0) is 13.8. The van der Waals surface area contributed by atoms with Crippen LogP contribution in [-0.4, -0.2) is 10.9 Å². The third-order valence-corrected chi connectivity index (χ3v) is 2.96. The van der Waals surface area contributed by atoms with E-state index in [-0.39, 0.29) is 22.4 Å². The number of halogens is 1. The molecular weight excluding hydrogens is 262 g/mol. The quantitative estimate of drug-likeness (QED) is 0.904. The van der Waals surface area contributed by atoms with Gasteiger partial charge >= 0.3 is 0 Å². The van der Waals surface area contributed by atoms with Gasteiger partial charge in [0.1, 0.15) is 11.5 Å². The maximum absolute atomic E-state index is 11.9. The molecule has 0 bridgehead atoms. The highest BCUT2D eigenvalue weighted by Gasteiger charge is 2.12. The summed E-state index contributed by atoms with van der Waals surface area (Å²) in [4.78, 5) is 15.9. The Balaban J connectivity index is 2.05. The molecule has 0 atom stereocenters. The fraction of sp³-hybridized carbons (Fsp3) is 0.143. The second-order valence-electron chi connectivity index (χ2n) is 4.23. The van der Waals surface area contributed by atoms with Crippen LogP contribution >= 0.6 is 11.6 Å². The zero-order valence-corrected chi connectivity index (χ0v) is 11.2. The number of pyridine rings is 1. The summed E-state index contributed by atoms with van der Waals surface area (Å²) >= 11 is 5.91. The molecule has 1 amide bonds. The number of nitrogens with one attached hydrogen (secondary N) is 1. The van der Waals surface area contributed by atoms with E-state index in [2.05, 4.69) is 10.3 Å². The molecule has 0 unspecified atom stereocenters. The van der Waals surface area contributed by atoms with Crippen LogP contribution in [-0.2, 0) is 6.54 Å². The van der Waals surface area contributed by atoms with Crippen LogP contribution in [0.15, 0.2) is 36.4 Å². The van der Waals surface area contributed by atoms with Crippen molar-refractivity contribution in [3.8, 4) is 0 Å². The Morgan fingerprint density at radius 3 is 2.63 bits per heavy atom. The lowest BCUT2D eigenvalue weighted by Crippen LogP contribution is -2.24. The number of nitrogens with zero attached hydrogens (tertiary/aromatic N) is 1. The van der Waals surface area contributed by atoms with E-state index in [0.717, 1.165) is 5.56 Å². The fourth-order valence-electron chi connectivity index (χ4n) is 1.59. The maximum Gasteiger partial charge on any atom is 0.271 e. The van der Waals surface area contributed by atoms with E-state index >= 15 is 0 Å². The van der Waals surface area contributed by atoms with Gasteiger partial charge in [0, 0.05) is 6.54 Å². The van der Waals surface area contributed by atoms with E-state index in [0.29, 0.717) is 6.54 Å². The molecule has 0 aliphatic heterocycles. The number of carbonyl (C=O) groups excluding carboxylic acids is 1. The van der Waals surface area contributed by atoms with E-state index in [9.17, 15) is 4.79 Å². The molecule has 0 radical (unpaired) electrons. The molecule has 0 aliphatic carbocycles. The topological polar surface area (TPSA) is 68.0 Å². The lowest BCUT2D eigenvalue weighted by atomic mass is 10.1. The lowest BCUT2D eigenvalue weighted by Gasteiger charge is -2.07. The minimum absolute atomic E-state index is 0.147. The van der Waals surface area contributed by atoms with Gasteiger partial charge in [-0.2, -0.15) is 0 Å². The molecule has 0 spiro atoms. The summed E-state index contributed by atoms with van der Waals surface area (Å²) in [5.41, 5.74) is 7.88. The predicted octanol–water partition coefficient (Wildman–Crippen LogP) is 2.56. The van der Waals surface area contributed by atoms with Crippen LogP contribution in [0.2, 0.25) is 5.02 Å². The first-order valence-electron chi connectivity index (χ1n) is 5.82. The first-order chi connectivity index (χ1) is 9.06. The smallest absolute Gasteiger partial charge is 0.271 e. The van der Waals surface area contributed by atoms with Gasteiger partial charge in [0.2, 0.25) is 0 Å². The van der Waals surface area contributed by atoms with Gasteiger partial charge in [-0.25, -0.2) is 4.98 Å². The average molecular weight is 276 g/mol. The van der Waals surface area contributed by atoms with Crippen molar-refractivity contribution in [2.45, 2.75) is 13.5 Å². The number of hydrogen-bond acceptors (Lipinski definition) is 3. The second kappa shape index (κ2) is 5.71. The van der Waals surface area contributed by atoms with E-state index in [1.54, 1.807) is 12.1 Å². The largest absolute Gasteiger partial charge is 0.384 e. The summed E-state index contributed by atoms with van der Waals surface area (Å²) < 4.78 is 0. The summed E-state index contributed by atoms with van der Waals surface area (Å²) in [5, 5.41) is 3.05. The van der Waals surface area contributed by atoms with Crippen molar-refractivity contribution in [1.29, 1.82) is 0 Å². The molecule has 19 heavy (non-hydrogen) atoms. The Kier molecular flexibility index (Phi) is 4.02. The average Bonchev–Trinajstić information content (AvgIpc) is 2.40. The number of aromatic nitrogens is 1. The number of benzene rings is 1. The first-order valence-corrected chi connectivity index (χ1v) is 6.20. The van der Waals surface area contributed by atoms with E-state index in [4.69, 9.17) is 17.3 Å². The Bertz CT molecular complexity index is 596. The van der Waals surface area contributed by atoms with Gasteiger partial charge in [-0.1, -0.05) is 41.4 Å². The molecule has 2 aromatic rings. The van der Waals surface area contributed by atoms with Crippen molar-refractivity contribution < 1.29 is 4.79 Å². The lowest BCUT2D eigenvalue weighted by molar-refractivity contribution is 0.0946. The molecule has 0 saturated heterocycles. The highest BCUT2D eigenvalue weighted by Crippen LogP contribution is 2.15. The first kappa shape index (κ1) is 13.4. The number of anilines is 1. The normalized spacial score (nSPS) is 10.2. The van der Waals surface area contributed by atoms with Gasteiger partial charge in [0.15, 0.2) is 0 Å². The number of amides is 1. The van der Waals surface area contributed by atoms with Gasteiger partial charge in [0.25, 0.3) is 5.91 Å². The summed E-state index contributed by atoms with van der Waals surface area (Å²) in [6.07, 6.45) is 0. The zero-order valence-electron chi connectivity index (χ0n) is 10.5. The van der Waals surface area contributed by atoms with Gasteiger partial charge < -0.3 is 11.1 Å². The van der Waals surface area contributed by atoms with Crippen molar-refractivity contribution in [3.63, 3.8) is 0 Å². The molecule has 4 nitrogen and oxygen atoms in total.